The number of para-hydroxylation sites is 1. The van der Waals surface area contributed by atoms with Crippen LogP contribution in [0, 0.1) is 5.82 Å². The number of anilines is 1. The van der Waals surface area contributed by atoms with Crippen LogP contribution in [0.25, 0.3) is 27.9 Å². The molecule has 0 radical (unpaired) electrons. The Morgan fingerprint density at radius 2 is 1.97 bits per heavy atom. The minimum atomic E-state index is -0.319. The van der Waals surface area contributed by atoms with Crippen LogP contribution in [0.2, 0.25) is 0 Å². The molecule has 178 valence electrons. The minimum Gasteiger partial charge on any atom is -0.368 e. The lowest BCUT2D eigenvalue weighted by Crippen LogP contribution is -2.17. The molecule has 1 N–H and O–H groups in total. The highest BCUT2D eigenvalue weighted by atomic mass is 79.9. The van der Waals surface area contributed by atoms with Crippen molar-refractivity contribution in [2.45, 2.75) is 31.9 Å². The van der Waals surface area contributed by atoms with Crippen LogP contribution in [-0.2, 0) is 11.2 Å². The normalized spacial score (nSPS) is 16.2. The Balaban J connectivity index is 1.29. The molecule has 0 unspecified atom stereocenters. The molecule has 0 spiro atoms. The number of hydrogen-bond donors (Lipinski definition) is 1. The van der Waals surface area contributed by atoms with Gasteiger partial charge in [-0.05, 0) is 59.5 Å². The van der Waals surface area contributed by atoms with Gasteiger partial charge in [-0.2, -0.15) is 0 Å². The van der Waals surface area contributed by atoms with Crippen LogP contribution in [0.3, 0.4) is 0 Å². The quantitative estimate of drug-likeness (QED) is 0.312. The van der Waals surface area contributed by atoms with Crippen LogP contribution in [-0.4, -0.2) is 42.2 Å². The standard InChI is InChI=1S/C25H23BrFN7O/c26-21-17(27)9-10-18-23(21)34(16-6-2-1-3-7-16)19(32-18)11-12-28-24-22-25(30-14-29-24)33(15-31-22)20-8-4-5-13-35-20/h1-3,6-7,9-10,14-15,20H,4-5,8,11-13H2,(H,28,29,30)/t20-/m0/s1. The van der Waals surface area contributed by atoms with Crippen LogP contribution in [0.4, 0.5) is 10.2 Å². The molecule has 6 rings (SSSR count). The Bertz CT molecular complexity index is 1490. The van der Waals surface area contributed by atoms with Gasteiger partial charge in [0.15, 0.2) is 17.0 Å². The van der Waals surface area contributed by atoms with E-state index >= 15 is 0 Å². The van der Waals surface area contributed by atoms with Gasteiger partial charge in [-0.15, -0.1) is 0 Å². The van der Waals surface area contributed by atoms with E-state index < -0.39 is 0 Å². The molecule has 0 aliphatic carbocycles. The van der Waals surface area contributed by atoms with Gasteiger partial charge in [-0.3, -0.25) is 9.13 Å². The average Bonchev–Trinajstić information content (AvgIpc) is 3.50. The zero-order valence-electron chi connectivity index (χ0n) is 18.9. The van der Waals surface area contributed by atoms with E-state index in [4.69, 9.17) is 9.72 Å². The van der Waals surface area contributed by atoms with E-state index in [1.54, 1.807) is 18.7 Å². The molecule has 35 heavy (non-hydrogen) atoms. The number of rotatable bonds is 6. The molecule has 0 amide bonds. The summed E-state index contributed by atoms with van der Waals surface area (Å²) in [5.41, 5.74) is 3.83. The summed E-state index contributed by atoms with van der Waals surface area (Å²) in [7, 11) is 0. The van der Waals surface area contributed by atoms with Crippen molar-refractivity contribution in [2.24, 2.45) is 0 Å². The number of nitrogens with one attached hydrogen (secondary N) is 1. The van der Waals surface area contributed by atoms with Gasteiger partial charge in [0.05, 0.1) is 21.8 Å². The van der Waals surface area contributed by atoms with Gasteiger partial charge in [0, 0.05) is 25.3 Å². The van der Waals surface area contributed by atoms with Crippen molar-refractivity contribution < 1.29 is 9.13 Å². The van der Waals surface area contributed by atoms with Crippen LogP contribution in [0.15, 0.2) is 59.6 Å². The van der Waals surface area contributed by atoms with Crippen molar-refractivity contribution in [1.29, 1.82) is 0 Å². The van der Waals surface area contributed by atoms with Gasteiger partial charge in [-0.1, -0.05) is 18.2 Å². The monoisotopic (exact) mass is 535 g/mol. The highest BCUT2D eigenvalue weighted by molar-refractivity contribution is 9.10. The van der Waals surface area contributed by atoms with E-state index in [-0.39, 0.29) is 12.0 Å². The molecule has 0 saturated carbocycles. The lowest BCUT2D eigenvalue weighted by molar-refractivity contribution is -0.0298. The first kappa shape index (κ1) is 22.1. The largest absolute Gasteiger partial charge is 0.368 e. The minimum absolute atomic E-state index is 0.0406. The Morgan fingerprint density at radius 1 is 1.09 bits per heavy atom. The fraction of sp³-hybridized carbons (Fsp3) is 0.280. The van der Waals surface area contributed by atoms with Crippen LogP contribution in [0.5, 0.6) is 0 Å². The van der Waals surface area contributed by atoms with Crippen molar-refractivity contribution in [2.75, 3.05) is 18.5 Å². The molecule has 10 heteroatoms. The van der Waals surface area contributed by atoms with Crippen molar-refractivity contribution >= 4 is 43.9 Å². The lowest BCUT2D eigenvalue weighted by Gasteiger charge is -2.23. The van der Waals surface area contributed by atoms with Crippen molar-refractivity contribution in [3.05, 3.63) is 71.2 Å². The van der Waals surface area contributed by atoms with E-state index in [9.17, 15) is 4.39 Å². The summed E-state index contributed by atoms with van der Waals surface area (Å²) in [6, 6.07) is 13.0. The molecule has 1 fully saturated rings. The van der Waals surface area contributed by atoms with E-state index in [2.05, 4.69) is 36.2 Å². The van der Waals surface area contributed by atoms with Gasteiger partial charge >= 0.3 is 0 Å². The third-order valence-electron chi connectivity index (χ3n) is 6.26. The highest BCUT2D eigenvalue weighted by Gasteiger charge is 2.21. The van der Waals surface area contributed by atoms with Gasteiger partial charge in [-0.25, -0.2) is 24.3 Å². The van der Waals surface area contributed by atoms with Gasteiger partial charge in [0.25, 0.3) is 0 Å². The molecule has 5 aromatic rings. The van der Waals surface area contributed by atoms with Crippen molar-refractivity contribution in [3.8, 4) is 5.69 Å². The number of imidazole rings is 2. The fourth-order valence-electron chi connectivity index (χ4n) is 4.60. The SMILES string of the molecule is Fc1ccc2nc(CCNc3ncnc4c3ncn4[C@@H]3CCCCO3)n(-c3ccccc3)c2c1Br. The second-order valence-electron chi connectivity index (χ2n) is 8.47. The summed E-state index contributed by atoms with van der Waals surface area (Å²) in [6.45, 7) is 1.32. The summed E-state index contributed by atoms with van der Waals surface area (Å²) < 4.78 is 24.7. The average molecular weight is 536 g/mol. The maximum atomic E-state index is 14.4. The van der Waals surface area contributed by atoms with Crippen molar-refractivity contribution in [1.82, 2.24) is 29.1 Å². The maximum Gasteiger partial charge on any atom is 0.167 e. The third kappa shape index (κ3) is 4.06. The molecular formula is C25H23BrFN7O. The number of halogens is 2. The Kier molecular flexibility index (Phi) is 5.91. The first-order valence-electron chi connectivity index (χ1n) is 11.6. The molecule has 1 saturated heterocycles. The van der Waals surface area contributed by atoms with Crippen LogP contribution < -0.4 is 5.32 Å². The summed E-state index contributed by atoms with van der Waals surface area (Å²) >= 11 is 3.42. The number of nitrogens with zero attached hydrogens (tertiary/aromatic N) is 6. The molecule has 1 aliphatic heterocycles. The Labute approximate surface area is 209 Å². The summed E-state index contributed by atoms with van der Waals surface area (Å²) in [5, 5.41) is 3.39. The second-order valence-corrected chi connectivity index (χ2v) is 9.27. The molecule has 0 bridgehead atoms. The molecule has 2 aromatic carbocycles. The topological polar surface area (TPSA) is 82.7 Å². The van der Waals surface area contributed by atoms with Gasteiger partial charge < -0.3 is 10.1 Å². The zero-order chi connectivity index (χ0) is 23.8. The maximum absolute atomic E-state index is 14.4. The first-order valence-corrected chi connectivity index (χ1v) is 12.4. The Hall–Kier alpha value is -3.37. The molecule has 8 nitrogen and oxygen atoms in total. The van der Waals surface area contributed by atoms with Crippen molar-refractivity contribution in [3.63, 3.8) is 0 Å². The van der Waals surface area contributed by atoms with E-state index in [1.165, 1.54) is 6.07 Å². The summed E-state index contributed by atoms with van der Waals surface area (Å²) in [5.74, 6) is 1.16. The van der Waals surface area contributed by atoms with E-state index in [1.807, 2.05) is 39.5 Å². The Morgan fingerprint density at radius 3 is 2.80 bits per heavy atom. The zero-order valence-corrected chi connectivity index (χ0v) is 20.4. The summed E-state index contributed by atoms with van der Waals surface area (Å²) in [6.07, 6.45) is 7.04. The molecular weight excluding hydrogens is 513 g/mol. The van der Waals surface area contributed by atoms with Gasteiger partial charge in [0.2, 0.25) is 0 Å². The van der Waals surface area contributed by atoms with Crippen LogP contribution >= 0.6 is 15.9 Å². The number of fused-ring (bicyclic) bond motifs is 2. The van der Waals surface area contributed by atoms with E-state index in [0.717, 1.165) is 48.5 Å². The lowest BCUT2D eigenvalue weighted by atomic mass is 10.2. The number of benzene rings is 2. The molecule has 4 heterocycles. The third-order valence-corrected chi connectivity index (χ3v) is 7.01. The molecule has 1 atom stereocenters. The number of hydrogen-bond acceptors (Lipinski definition) is 6. The second kappa shape index (κ2) is 9.35. The molecule has 3 aromatic heterocycles. The first-order chi connectivity index (χ1) is 17.2. The smallest absolute Gasteiger partial charge is 0.167 e. The highest BCUT2D eigenvalue weighted by Crippen LogP contribution is 2.31. The van der Waals surface area contributed by atoms with Gasteiger partial charge in [0.1, 0.15) is 24.2 Å². The molecule has 1 aliphatic rings. The predicted molar refractivity (Wildman–Crippen MR) is 135 cm³/mol. The number of aromatic nitrogens is 6. The fourth-order valence-corrected chi connectivity index (χ4v) is 5.11. The predicted octanol–water partition coefficient (Wildman–Crippen LogP) is 5.42. The van der Waals surface area contributed by atoms with E-state index in [0.29, 0.717) is 34.3 Å². The summed E-state index contributed by atoms with van der Waals surface area (Å²) in [4.78, 5) is 18.3. The van der Waals surface area contributed by atoms with Crippen LogP contribution in [0.1, 0.15) is 31.3 Å². The number of ether oxygens (including phenoxy) is 1.